The van der Waals surface area contributed by atoms with Gasteiger partial charge in [-0.25, -0.2) is 9.50 Å². The fraction of sp³-hybridized carbons (Fsp3) is 0.545. The average molecular weight is 486 g/mol. The van der Waals surface area contributed by atoms with E-state index in [1.165, 1.54) is 16.9 Å². The molecule has 13 heteroatoms. The summed E-state index contributed by atoms with van der Waals surface area (Å²) in [6, 6.07) is 4.31. The number of nitrogens with zero attached hydrogens (tertiary/aromatic N) is 4. The molecular formula is C22H26N6O7. The fourth-order valence-electron chi connectivity index (χ4n) is 4.12. The second-order valence-corrected chi connectivity index (χ2v) is 8.78. The van der Waals surface area contributed by atoms with Gasteiger partial charge in [-0.2, -0.15) is 10.4 Å². The summed E-state index contributed by atoms with van der Waals surface area (Å²) in [7, 11) is 0. The molecule has 5 atom stereocenters. The number of carbonyl (C=O) groups excluding carboxylic acids is 3. The number of ether oxygens (including phenoxy) is 4. The molecule has 0 saturated carbocycles. The first-order chi connectivity index (χ1) is 16.7. The molecule has 2 saturated heterocycles. The highest BCUT2D eigenvalue weighted by Crippen LogP contribution is 2.44. The van der Waals surface area contributed by atoms with E-state index in [4.69, 9.17) is 30.4 Å². The van der Waals surface area contributed by atoms with Crippen molar-refractivity contribution in [3.63, 3.8) is 0 Å². The Morgan fingerprint density at radius 3 is 2.71 bits per heavy atom. The Morgan fingerprint density at radius 1 is 1.31 bits per heavy atom. The van der Waals surface area contributed by atoms with Crippen molar-refractivity contribution in [2.75, 3.05) is 12.3 Å². The maximum atomic E-state index is 12.6. The molecule has 4 rings (SSSR count). The molecule has 186 valence electrons. The van der Waals surface area contributed by atoms with Gasteiger partial charge in [-0.05, 0) is 24.5 Å². The van der Waals surface area contributed by atoms with Crippen LogP contribution in [0.1, 0.15) is 38.8 Å². The first-order valence-electron chi connectivity index (χ1n) is 11.2. The van der Waals surface area contributed by atoms with Gasteiger partial charge in [0.25, 0.3) is 0 Å². The number of hydrogen-bond acceptors (Lipinski definition) is 12. The third kappa shape index (κ3) is 4.38. The van der Waals surface area contributed by atoms with Crippen molar-refractivity contribution in [3.8, 4) is 6.07 Å². The molecule has 0 radical (unpaired) electrons. The first kappa shape index (κ1) is 24.4. The van der Waals surface area contributed by atoms with E-state index in [0.29, 0.717) is 5.52 Å². The molecule has 0 spiro atoms. The summed E-state index contributed by atoms with van der Waals surface area (Å²) >= 11 is 0. The summed E-state index contributed by atoms with van der Waals surface area (Å²) in [5.74, 6) is -1.94. The monoisotopic (exact) mass is 486 g/mol. The van der Waals surface area contributed by atoms with E-state index in [2.05, 4.69) is 16.2 Å². The number of carbonyl (C=O) groups is 3. The van der Waals surface area contributed by atoms with E-state index in [1.54, 1.807) is 19.9 Å². The summed E-state index contributed by atoms with van der Waals surface area (Å²) in [5.41, 5.74) is 10.4. The molecule has 13 nitrogen and oxygen atoms in total. The minimum Gasteiger partial charge on any atom is -0.462 e. The van der Waals surface area contributed by atoms with E-state index in [0.717, 1.165) is 0 Å². The number of rotatable bonds is 5. The lowest BCUT2D eigenvalue weighted by atomic mass is 9.92. The molecular weight excluding hydrogens is 460 g/mol. The van der Waals surface area contributed by atoms with Gasteiger partial charge >= 0.3 is 17.9 Å². The van der Waals surface area contributed by atoms with Crippen LogP contribution in [0, 0.1) is 17.2 Å². The van der Waals surface area contributed by atoms with Crippen molar-refractivity contribution < 1.29 is 33.3 Å². The summed E-state index contributed by atoms with van der Waals surface area (Å²) < 4.78 is 24.1. The van der Waals surface area contributed by atoms with Crippen molar-refractivity contribution >= 4 is 29.2 Å². The molecule has 0 bridgehead atoms. The van der Waals surface area contributed by atoms with Crippen LogP contribution in [-0.4, -0.2) is 63.5 Å². The lowest BCUT2D eigenvalue weighted by Crippen LogP contribution is -2.46. The highest BCUT2D eigenvalue weighted by molar-refractivity contribution is 5.76. The molecule has 0 aromatic carbocycles. The van der Waals surface area contributed by atoms with Crippen LogP contribution < -0.4 is 11.5 Å². The Balaban J connectivity index is 1.77. The zero-order valence-corrected chi connectivity index (χ0v) is 19.2. The van der Waals surface area contributed by atoms with Gasteiger partial charge in [0, 0.05) is 12.8 Å². The third-order valence-electron chi connectivity index (χ3n) is 6.10. The Labute approximate surface area is 200 Å². The van der Waals surface area contributed by atoms with Crippen molar-refractivity contribution in [3.05, 3.63) is 24.2 Å². The number of fused-ring (bicyclic) bond motifs is 2. The topological polar surface area (TPSA) is 194 Å². The smallest absolute Gasteiger partial charge is 0.323 e. The number of nitrogen functional groups attached to an aromatic ring is 1. The van der Waals surface area contributed by atoms with E-state index >= 15 is 0 Å². The summed E-state index contributed by atoms with van der Waals surface area (Å²) in [6.07, 6.45) is -2.41. The number of hydrogen-bond donors (Lipinski definition) is 2. The van der Waals surface area contributed by atoms with Crippen LogP contribution in [0.2, 0.25) is 0 Å². The van der Waals surface area contributed by atoms with Gasteiger partial charge in [-0.15, -0.1) is 0 Å². The molecule has 4 heterocycles. The minimum absolute atomic E-state index is 0.0274. The molecule has 2 aromatic rings. The zero-order chi connectivity index (χ0) is 25.3. The van der Waals surface area contributed by atoms with Crippen molar-refractivity contribution in [2.24, 2.45) is 11.7 Å². The number of nitriles is 1. The van der Waals surface area contributed by atoms with Crippen molar-refractivity contribution in [2.45, 2.75) is 63.1 Å². The van der Waals surface area contributed by atoms with Crippen molar-refractivity contribution in [1.82, 2.24) is 14.6 Å². The Morgan fingerprint density at radius 2 is 2.03 bits per heavy atom. The van der Waals surface area contributed by atoms with Crippen LogP contribution in [0.5, 0.6) is 0 Å². The van der Waals surface area contributed by atoms with E-state index in [9.17, 15) is 19.6 Å². The fourth-order valence-corrected chi connectivity index (χ4v) is 4.12. The Hall–Kier alpha value is -3.76. The number of anilines is 1. The van der Waals surface area contributed by atoms with Gasteiger partial charge < -0.3 is 30.4 Å². The lowest BCUT2D eigenvalue weighted by Gasteiger charge is -2.28. The maximum absolute atomic E-state index is 12.6. The highest BCUT2D eigenvalue weighted by atomic mass is 16.7. The molecule has 2 aromatic heterocycles. The number of aromatic nitrogens is 3. The van der Waals surface area contributed by atoms with Gasteiger partial charge in [-0.3, -0.25) is 14.4 Å². The average Bonchev–Trinajstić information content (AvgIpc) is 3.39. The summed E-state index contributed by atoms with van der Waals surface area (Å²) in [5, 5.41) is 14.5. The van der Waals surface area contributed by atoms with Crippen LogP contribution in [0.3, 0.4) is 0 Å². The molecule has 2 fully saturated rings. The largest absolute Gasteiger partial charge is 0.462 e. The highest BCUT2D eigenvalue weighted by Gasteiger charge is 2.63. The minimum atomic E-state index is -1.96. The van der Waals surface area contributed by atoms with Crippen LogP contribution in [0.15, 0.2) is 18.5 Å². The predicted molar refractivity (Wildman–Crippen MR) is 117 cm³/mol. The molecule has 2 aliphatic heterocycles. The van der Waals surface area contributed by atoms with E-state index in [-0.39, 0.29) is 36.7 Å². The van der Waals surface area contributed by atoms with E-state index in [1.807, 2.05) is 0 Å². The van der Waals surface area contributed by atoms with Crippen LogP contribution in [0.25, 0.3) is 5.52 Å². The molecule has 2 aliphatic rings. The Kier molecular flexibility index (Phi) is 6.60. The SMILES string of the molecule is CC(C)[C@H](N)C(=O)OC[C@H]1O[C@@](C#N)(c2ccc3c(N)ncnn23)[C@@H]2OC(=O)CCCC(=O)O[C@@H]21. The van der Waals surface area contributed by atoms with Crippen LogP contribution in [-0.2, 0) is 38.9 Å². The van der Waals surface area contributed by atoms with Gasteiger partial charge in [-0.1, -0.05) is 13.8 Å². The van der Waals surface area contributed by atoms with E-state index < -0.39 is 54.5 Å². The molecule has 0 unspecified atom stereocenters. The second kappa shape index (κ2) is 9.47. The zero-order valence-electron chi connectivity index (χ0n) is 19.2. The first-order valence-corrected chi connectivity index (χ1v) is 11.2. The summed E-state index contributed by atoms with van der Waals surface area (Å²) in [6.45, 7) is 3.13. The molecule has 0 amide bonds. The number of nitrogens with two attached hydrogens (primary N) is 2. The lowest BCUT2D eigenvalue weighted by molar-refractivity contribution is -0.167. The van der Waals surface area contributed by atoms with Gasteiger partial charge in [0.2, 0.25) is 5.60 Å². The quantitative estimate of drug-likeness (QED) is 0.423. The molecule has 35 heavy (non-hydrogen) atoms. The maximum Gasteiger partial charge on any atom is 0.323 e. The number of esters is 3. The van der Waals surface area contributed by atoms with Crippen LogP contribution >= 0.6 is 0 Å². The third-order valence-corrected chi connectivity index (χ3v) is 6.10. The van der Waals surface area contributed by atoms with Crippen LogP contribution in [0.4, 0.5) is 5.82 Å². The standard InChI is InChI=1S/C22H26N6O7/c1-11(2)17(24)21(31)32-8-13-18-19(34-16(30)5-3-4-15(29)33-18)22(9-23,35-13)14-7-6-12-20(25)26-10-27-28(12)14/h6-7,10-11,13,17-19H,3-5,8,24H2,1-2H3,(H2,25,26,27)/t13-,17+,18-,19-,22+/m1/s1. The molecule has 0 aliphatic carbocycles. The van der Waals surface area contributed by atoms with Gasteiger partial charge in [0.15, 0.2) is 18.0 Å². The Bertz CT molecular complexity index is 1190. The summed E-state index contributed by atoms with van der Waals surface area (Å²) in [4.78, 5) is 41.3. The van der Waals surface area contributed by atoms with Crippen molar-refractivity contribution in [1.29, 1.82) is 5.26 Å². The second-order valence-electron chi connectivity index (χ2n) is 8.78. The van der Waals surface area contributed by atoms with Gasteiger partial charge in [0.05, 0.1) is 5.69 Å². The molecule has 4 N–H and O–H groups in total. The normalized spacial score (nSPS) is 27.7. The van der Waals surface area contributed by atoms with Gasteiger partial charge in [0.1, 0.15) is 36.7 Å². The predicted octanol–water partition coefficient (Wildman–Crippen LogP) is -0.0368.